The molecule has 0 amide bonds. The number of aromatic nitrogens is 2. The molecular weight excluding hydrogens is 420 g/mol. The van der Waals surface area contributed by atoms with Crippen LogP contribution in [0.1, 0.15) is 0 Å². The van der Waals surface area contributed by atoms with Crippen LogP contribution in [-0.4, -0.2) is 9.13 Å². The molecule has 0 saturated heterocycles. The Morgan fingerprint density at radius 1 is 0.364 bits per heavy atom. The molecule has 8 aromatic rings. The lowest BCUT2D eigenvalue weighted by atomic mass is 10.1. The van der Waals surface area contributed by atoms with Crippen molar-refractivity contribution in [2.24, 2.45) is 0 Å². The van der Waals surface area contributed by atoms with E-state index in [0.717, 1.165) is 0 Å². The molecule has 5 aromatic carbocycles. The summed E-state index contributed by atoms with van der Waals surface area (Å²) in [6.07, 6.45) is 0. The predicted molar refractivity (Wildman–Crippen MR) is 142 cm³/mol. The zero-order valence-electron chi connectivity index (χ0n) is 17.7. The van der Waals surface area contributed by atoms with Crippen molar-refractivity contribution in [2.45, 2.75) is 0 Å². The Kier molecular flexibility index (Phi) is 3.31. The second kappa shape index (κ2) is 6.25. The minimum Gasteiger partial charge on any atom is -0.309 e. The lowest BCUT2D eigenvalue weighted by Crippen LogP contribution is -1.94. The van der Waals surface area contributed by atoms with Crippen LogP contribution in [0.3, 0.4) is 0 Å². The van der Waals surface area contributed by atoms with Gasteiger partial charge in [0.05, 0.1) is 22.1 Å². The van der Waals surface area contributed by atoms with E-state index >= 15 is 0 Å². The predicted octanol–water partition coefficient (Wildman–Crippen LogP) is 8.53. The van der Waals surface area contributed by atoms with Crippen molar-refractivity contribution in [3.8, 4) is 11.4 Å². The topological polar surface area (TPSA) is 9.86 Å². The Morgan fingerprint density at radius 3 is 1.24 bits per heavy atom. The summed E-state index contributed by atoms with van der Waals surface area (Å²) in [5.41, 5.74) is 7.46. The maximum Gasteiger partial charge on any atom is 0.0555 e. The van der Waals surface area contributed by atoms with Gasteiger partial charge in [0.2, 0.25) is 0 Å². The van der Waals surface area contributed by atoms with Crippen LogP contribution in [0.2, 0.25) is 0 Å². The molecule has 0 atom stereocenters. The number of para-hydroxylation sites is 2. The van der Waals surface area contributed by atoms with Crippen molar-refractivity contribution < 1.29 is 0 Å². The first-order valence-corrected chi connectivity index (χ1v) is 12.0. The second-order valence-corrected chi connectivity index (χ2v) is 9.68. The highest BCUT2D eigenvalue weighted by Gasteiger charge is 2.23. The molecule has 0 bridgehead atoms. The van der Waals surface area contributed by atoms with Gasteiger partial charge in [-0.2, -0.15) is 0 Å². The van der Waals surface area contributed by atoms with Crippen LogP contribution in [0.4, 0.5) is 0 Å². The lowest BCUT2D eigenvalue weighted by Gasteiger charge is -2.09. The van der Waals surface area contributed by atoms with Gasteiger partial charge in [-0.05, 0) is 60.7 Å². The summed E-state index contributed by atoms with van der Waals surface area (Å²) in [5.74, 6) is 0. The minimum absolute atomic E-state index is 1.20. The van der Waals surface area contributed by atoms with E-state index in [1.165, 1.54) is 64.4 Å². The zero-order chi connectivity index (χ0) is 21.5. The molecular formula is C30H18N2S. The van der Waals surface area contributed by atoms with Crippen molar-refractivity contribution >= 4 is 64.3 Å². The zero-order valence-corrected chi connectivity index (χ0v) is 18.5. The van der Waals surface area contributed by atoms with Gasteiger partial charge in [-0.25, -0.2) is 0 Å². The van der Waals surface area contributed by atoms with E-state index in [-0.39, 0.29) is 0 Å². The fourth-order valence-corrected chi connectivity index (χ4v) is 6.78. The maximum absolute atomic E-state index is 2.42. The SMILES string of the molecule is c1ccc(-n2c3cccc4sc5cccc6c5c5c(c43)c2ccc5n6-c2ccccc2)cc1. The molecule has 3 aromatic heterocycles. The van der Waals surface area contributed by atoms with Crippen LogP contribution < -0.4 is 0 Å². The van der Waals surface area contributed by atoms with Crippen molar-refractivity contribution in [1.29, 1.82) is 0 Å². The molecule has 0 aliphatic carbocycles. The van der Waals surface area contributed by atoms with Gasteiger partial charge in [-0.15, -0.1) is 11.3 Å². The summed E-state index contributed by atoms with van der Waals surface area (Å²) < 4.78 is 7.51. The first kappa shape index (κ1) is 17.5. The van der Waals surface area contributed by atoms with E-state index < -0.39 is 0 Å². The highest BCUT2D eigenvalue weighted by Crippen LogP contribution is 2.47. The maximum atomic E-state index is 2.42. The third-order valence-corrected chi connectivity index (χ3v) is 8.00. The van der Waals surface area contributed by atoms with E-state index in [2.05, 4.69) is 118 Å². The van der Waals surface area contributed by atoms with Gasteiger partial charge >= 0.3 is 0 Å². The number of hydrogen-bond acceptors (Lipinski definition) is 1. The molecule has 3 heterocycles. The van der Waals surface area contributed by atoms with Crippen LogP contribution in [0.25, 0.3) is 64.4 Å². The number of benzene rings is 5. The first-order chi connectivity index (χ1) is 16.4. The Balaban J connectivity index is 1.71. The van der Waals surface area contributed by atoms with Gasteiger partial charge < -0.3 is 9.13 Å². The lowest BCUT2D eigenvalue weighted by molar-refractivity contribution is 1.17. The fraction of sp³-hybridized carbons (Fsp3) is 0. The van der Waals surface area contributed by atoms with Gasteiger partial charge in [-0.1, -0.05) is 48.5 Å². The van der Waals surface area contributed by atoms with Gasteiger partial charge in [0, 0.05) is 42.3 Å². The van der Waals surface area contributed by atoms with Crippen LogP contribution in [0.5, 0.6) is 0 Å². The molecule has 0 aliphatic rings. The van der Waals surface area contributed by atoms with Crippen molar-refractivity contribution in [3.05, 3.63) is 109 Å². The second-order valence-electron chi connectivity index (χ2n) is 8.60. The van der Waals surface area contributed by atoms with Crippen molar-refractivity contribution in [1.82, 2.24) is 9.13 Å². The highest BCUT2D eigenvalue weighted by atomic mass is 32.1. The summed E-state index contributed by atoms with van der Waals surface area (Å²) >= 11 is 1.90. The quantitative estimate of drug-likeness (QED) is 0.256. The summed E-state index contributed by atoms with van der Waals surface area (Å²) in [5, 5.41) is 5.43. The standard InChI is InChI=1S/C30H18N2S/c1-3-9-19(10-4-1)31-21-13-7-15-25-27(21)29-23(31)17-18-24-30(29)28-22(14-8-16-26(28)33-25)32(24)20-11-5-2-6-12-20/h1-18H. The summed E-state index contributed by atoms with van der Waals surface area (Å²) in [6.45, 7) is 0. The molecule has 3 heteroatoms. The summed E-state index contributed by atoms with van der Waals surface area (Å²) in [4.78, 5) is 0. The molecule has 8 rings (SSSR count). The number of rotatable bonds is 2. The molecule has 2 nitrogen and oxygen atoms in total. The van der Waals surface area contributed by atoms with Gasteiger partial charge in [0.1, 0.15) is 0 Å². The molecule has 33 heavy (non-hydrogen) atoms. The van der Waals surface area contributed by atoms with E-state index in [1.807, 2.05) is 11.3 Å². The Bertz CT molecular complexity index is 1810. The molecule has 0 N–H and O–H groups in total. The molecule has 0 aliphatic heterocycles. The Labute approximate surface area is 193 Å². The summed E-state index contributed by atoms with van der Waals surface area (Å²) in [7, 11) is 0. The Morgan fingerprint density at radius 2 is 0.788 bits per heavy atom. The van der Waals surface area contributed by atoms with E-state index in [0.29, 0.717) is 0 Å². The molecule has 154 valence electrons. The molecule has 0 spiro atoms. The molecule has 0 radical (unpaired) electrons. The average Bonchev–Trinajstić information content (AvgIpc) is 3.33. The molecule has 0 unspecified atom stereocenters. The van der Waals surface area contributed by atoms with Crippen LogP contribution in [-0.2, 0) is 0 Å². The molecule has 0 fully saturated rings. The monoisotopic (exact) mass is 438 g/mol. The smallest absolute Gasteiger partial charge is 0.0555 e. The first-order valence-electron chi connectivity index (χ1n) is 11.2. The Hall–Kier alpha value is -4.08. The van der Waals surface area contributed by atoms with Crippen molar-refractivity contribution in [3.63, 3.8) is 0 Å². The third kappa shape index (κ3) is 2.17. The average molecular weight is 439 g/mol. The van der Waals surface area contributed by atoms with Crippen LogP contribution >= 0.6 is 11.3 Å². The fourth-order valence-electron chi connectivity index (χ4n) is 5.63. The third-order valence-electron chi connectivity index (χ3n) is 6.88. The van der Waals surface area contributed by atoms with Crippen LogP contribution in [0, 0.1) is 0 Å². The molecule has 0 saturated carbocycles. The van der Waals surface area contributed by atoms with E-state index in [1.54, 1.807) is 0 Å². The van der Waals surface area contributed by atoms with Gasteiger partial charge in [0.25, 0.3) is 0 Å². The van der Waals surface area contributed by atoms with Crippen molar-refractivity contribution in [2.75, 3.05) is 0 Å². The number of hydrogen-bond donors (Lipinski definition) is 0. The largest absolute Gasteiger partial charge is 0.309 e. The van der Waals surface area contributed by atoms with Crippen LogP contribution in [0.15, 0.2) is 109 Å². The van der Waals surface area contributed by atoms with Gasteiger partial charge in [0.15, 0.2) is 0 Å². The normalized spacial score (nSPS) is 12.2. The highest BCUT2D eigenvalue weighted by molar-refractivity contribution is 7.24. The number of nitrogens with zero attached hydrogens (tertiary/aromatic N) is 2. The van der Waals surface area contributed by atoms with Gasteiger partial charge in [-0.3, -0.25) is 0 Å². The minimum atomic E-state index is 1.20. The summed E-state index contributed by atoms with van der Waals surface area (Å²) in [6, 6.07) is 39.5. The van der Waals surface area contributed by atoms with E-state index in [9.17, 15) is 0 Å². The van der Waals surface area contributed by atoms with E-state index in [4.69, 9.17) is 0 Å².